The monoisotopic (exact) mass is 320 g/mol. The Bertz CT molecular complexity index is 677. The van der Waals surface area contributed by atoms with Crippen LogP contribution in [0.2, 0.25) is 0 Å². The Hall–Kier alpha value is -1.62. The maximum Gasteiger partial charge on any atom is 0.262 e. The predicted molar refractivity (Wildman–Crippen MR) is 76.3 cm³/mol. The number of rotatable bonds is 2. The van der Waals surface area contributed by atoms with Gasteiger partial charge in [0.25, 0.3) is 5.56 Å². The molecule has 1 fully saturated rings. The molecule has 1 saturated carbocycles. The molecule has 2 N–H and O–H groups in total. The Balaban J connectivity index is 2.12. The highest BCUT2D eigenvalue weighted by atomic mass is 79.9. The van der Waals surface area contributed by atoms with Gasteiger partial charge < -0.3 is 10.1 Å². The fourth-order valence-electron chi connectivity index (χ4n) is 2.26. The van der Waals surface area contributed by atoms with Gasteiger partial charge in [0, 0.05) is 16.0 Å². The number of aromatic hydroxyl groups is 1. The fourth-order valence-corrected chi connectivity index (χ4v) is 2.74. The quantitative estimate of drug-likeness (QED) is 0.893. The van der Waals surface area contributed by atoms with Crippen LogP contribution in [0.5, 0.6) is 5.88 Å². The van der Waals surface area contributed by atoms with Crippen molar-refractivity contribution in [2.24, 2.45) is 0 Å². The third-order valence-electron chi connectivity index (χ3n) is 3.55. The van der Waals surface area contributed by atoms with Crippen LogP contribution in [0.15, 0.2) is 33.5 Å². The molecule has 0 spiro atoms. The highest BCUT2D eigenvalue weighted by Gasteiger charge is 2.24. The molecule has 5 heteroatoms. The molecule has 0 amide bonds. The van der Waals surface area contributed by atoms with Crippen molar-refractivity contribution in [3.8, 4) is 17.0 Å². The minimum atomic E-state index is -0.290. The van der Waals surface area contributed by atoms with E-state index in [1.807, 2.05) is 18.2 Å². The van der Waals surface area contributed by atoms with Crippen molar-refractivity contribution in [2.45, 2.75) is 25.2 Å². The molecule has 98 valence electrons. The largest absolute Gasteiger partial charge is 0.493 e. The first kappa shape index (κ1) is 12.4. The molecular weight excluding hydrogens is 308 g/mol. The maximum atomic E-state index is 12.2. The average Bonchev–Trinajstić information content (AvgIpc) is 2.28. The number of hydrogen-bond donors (Lipinski definition) is 2. The lowest BCUT2D eigenvalue weighted by Gasteiger charge is -2.24. The molecule has 0 bridgehead atoms. The molecule has 0 saturated heterocycles. The molecule has 1 heterocycles. The molecular formula is C14H13BrN2O2. The minimum absolute atomic E-state index is 0.197. The molecule has 2 aromatic rings. The van der Waals surface area contributed by atoms with Crippen molar-refractivity contribution in [1.82, 2.24) is 9.97 Å². The van der Waals surface area contributed by atoms with E-state index in [4.69, 9.17) is 0 Å². The molecule has 0 unspecified atom stereocenters. The molecule has 19 heavy (non-hydrogen) atoms. The van der Waals surface area contributed by atoms with E-state index in [2.05, 4.69) is 25.9 Å². The van der Waals surface area contributed by atoms with Crippen molar-refractivity contribution >= 4 is 15.9 Å². The third kappa shape index (κ3) is 2.18. The van der Waals surface area contributed by atoms with Crippen molar-refractivity contribution in [1.29, 1.82) is 0 Å². The van der Waals surface area contributed by atoms with E-state index in [1.165, 1.54) is 0 Å². The number of benzene rings is 1. The molecule has 4 nitrogen and oxygen atoms in total. The zero-order valence-electron chi connectivity index (χ0n) is 10.2. The number of H-pyrrole nitrogens is 1. The lowest BCUT2D eigenvalue weighted by molar-refractivity contribution is 0.387. The first-order valence-corrected chi connectivity index (χ1v) is 7.04. The molecule has 1 aliphatic rings. The molecule has 0 aliphatic heterocycles. The van der Waals surface area contributed by atoms with E-state index in [1.54, 1.807) is 6.07 Å². The number of hydrogen-bond acceptors (Lipinski definition) is 3. The molecule has 0 radical (unpaired) electrons. The number of aromatic nitrogens is 2. The Morgan fingerprint density at radius 1 is 1.32 bits per heavy atom. The fraction of sp³-hybridized carbons (Fsp3) is 0.286. The van der Waals surface area contributed by atoms with Gasteiger partial charge in [-0.15, -0.1) is 0 Å². The van der Waals surface area contributed by atoms with E-state index in [0.717, 1.165) is 23.7 Å². The summed E-state index contributed by atoms with van der Waals surface area (Å²) in [5.41, 5.74) is 0.575. The van der Waals surface area contributed by atoms with Gasteiger partial charge in [0.2, 0.25) is 5.88 Å². The molecule has 1 aromatic heterocycles. The highest BCUT2D eigenvalue weighted by molar-refractivity contribution is 9.10. The summed E-state index contributed by atoms with van der Waals surface area (Å²) in [6.07, 6.45) is 3.20. The van der Waals surface area contributed by atoms with Crippen molar-refractivity contribution in [3.63, 3.8) is 0 Å². The van der Waals surface area contributed by atoms with Gasteiger partial charge in [-0.2, -0.15) is 4.98 Å². The van der Waals surface area contributed by atoms with Gasteiger partial charge in [-0.1, -0.05) is 40.5 Å². The van der Waals surface area contributed by atoms with Crippen LogP contribution < -0.4 is 5.56 Å². The van der Waals surface area contributed by atoms with E-state index >= 15 is 0 Å². The summed E-state index contributed by atoms with van der Waals surface area (Å²) < 4.78 is 0.758. The Morgan fingerprint density at radius 3 is 2.63 bits per heavy atom. The first-order valence-electron chi connectivity index (χ1n) is 6.25. The normalized spacial score (nSPS) is 15.2. The standard InChI is InChI=1S/C14H13BrN2O2/c15-10-7-2-1-6-9(10)11-13(18)16-12(17-14(11)19)8-4-3-5-8/h1-2,6-8H,3-5H2,(H2,16,17,18,19). The second kappa shape index (κ2) is 4.81. The van der Waals surface area contributed by atoms with Crippen LogP contribution in [0.25, 0.3) is 11.1 Å². The molecule has 3 rings (SSSR count). The zero-order chi connectivity index (χ0) is 13.4. The van der Waals surface area contributed by atoms with Gasteiger partial charge in [0.1, 0.15) is 11.4 Å². The summed E-state index contributed by atoms with van der Waals surface area (Å²) in [6, 6.07) is 7.28. The number of aromatic amines is 1. The van der Waals surface area contributed by atoms with Crippen molar-refractivity contribution in [3.05, 3.63) is 44.9 Å². The van der Waals surface area contributed by atoms with E-state index in [-0.39, 0.29) is 22.9 Å². The van der Waals surface area contributed by atoms with Gasteiger partial charge >= 0.3 is 0 Å². The van der Waals surface area contributed by atoms with Gasteiger partial charge in [0.05, 0.1) is 0 Å². The average molecular weight is 321 g/mol. The number of nitrogens with zero attached hydrogens (tertiary/aromatic N) is 1. The lowest BCUT2D eigenvalue weighted by atomic mass is 9.85. The second-order valence-electron chi connectivity index (χ2n) is 4.76. The van der Waals surface area contributed by atoms with Crippen LogP contribution in [0.3, 0.4) is 0 Å². The SMILES string of the molecule is O=c1[nH]c(C2CCC2)nc(O)c1-c1ccccc1Br. The zero-order valence-corrected chi connectivity index (χ0v) is 11.8. The van der Waals surface area contributed by atoms with E-state index in [9.17, 15) is 9.90 Å². The number of nitrogens with one attached hydrogen (secondary N) is 1. The van der Waals surface area contributed by atoms with Crippen LogP contribution in [0, 0.1) is 0 Å². The Kier molecular flexibility index (Phi) is 3.14. The van der Waals surface area contributed by atoms with Gasteiger partial charge in [-0.3, -0.25) is 4.79 Å². The minimum Gasteiger partial charge on any atom is -0.493 e. The summed E-state index contributed by atoms with van der Waals surface area (Å²) in [5.74, 6) is 0.689. The van der Waals surface area contributed by atoms with Gasteiger partial charge in [0.15, 0.2) is 0 Å². The topological polar surface area (TPSA) is 66.0 Å². The predicted octanol–water partition coefficient (Wildman–Crippen LogP) is 3.17. The summed E-state index contributed by atoms with van der Waals surface area (Å²) in [4.78, 5) is 19.1. The molecule has 1 aliphatic carbocycles. The van der Waals surface area contributed by atoms with Gasteiger partial charge in [-0.05, 0) is 18.9 Å². The van der Waals surface area contributed by atoms with Crippen molar-refractivity contribution in [2.75, 3.05) is 0 Å². The van der Waals surface area contributed by atoms with Crippen molar-refractivity contribution < 1.29 is 5.11 Å². The summed E-state index contributed by atoms with van der Waals surface area (Å²) in [6.45, 7) is 0. The van der Waals surface area contributed by atoms with E-state index in [0.29, 0.717) is 11.4 Å². The van der Waals surface area contributed by atoms with E-state index < -0.39 is 0 Å². The van der Waals surface area contributed by atoms with Crippen LogP contribution in [-0.2, 0) is 0 Å². The first-order chi connectivity index (χ1) is 9.16. The lowest BCUT2D eigenvalue weighted by Crippen LogP contribution is -2.20. The molecule has 0 atom stereocenters. The summed E-state index contributed by atoms with van der Waals surface area (Å²) in [5, 5.41) is 10.1. The Labute approximate surface area is 118 Å². The summed E-state index contributed by atoms with van der Waals surface area (Å²) in [7, 11) is 0. The maximum absolute atomic E-state index is 12.2. The highest BCUT2D eigenvalue weighted by Crippen LogP contribution is 2.36. The van der Waals surface area contributed by atoms with Crippen LogP contribution in [-0.4, -0.2) is 15.1 Å². The summed E-state index contributed by atoms with van der Waals surface area (Å²) >= 11 is 3.38. The van der Waals surface area contributed by atoms with Gasteiger partial charge in [-0.25, -0.2) is 0 Å². The van der Waals surface area contributed by atoms with Crippen LogP contribution in [0.4, 0.5) is 0 Å². The second-order valence-corrected chi connectivity index (χ2v) is 5.61. The number of halogens is 1. The van der Waals surface area contributed by atoms with Crippen LogP contribution >= 0.6 is 15.9 Å². The smallest absolute Gasteiger partial charge is 0.262 e. The third-order valence-corrected chi connectivity index (χ3v) is 4.25. The van der Waals surface area contributed by atoms with Crippen LogP contribution in [0.1, 0.15) is 31.0 Å². The molecule has 1 aromatic carbocycles. The Morgan fingerprint density at radius 2 is 2.05 bits per heavy atom.